The lowest BCUT2D eigenvalue weighted by Gasteiger charge is -2.00. The van der Waals surface area contributed by atoms with E-state index in [1.807, 2.05) is 0 Å². The fourth-order valence-corrected chi connectivity index (χ4v) is 1.55. The van der Waals surface area contributed by atoms with Crippen LogP contribution in [-0.4, -0.2) is 10.0 Å². The van der Waals surface area contributed by atoms with Crippen LogP contribution in [0.1, 0.15) is 5.56 Å². The van der Waals surface area contributed by atoms with E-state index >= 15 is 0 Å². The molecular formula is C10H4BrN3O3. The number of nitro groups is 1. The lowest BCUT2D eigenvalue weighted by Crippen LogP contribution is -1.90. The summed E-state index contributed by atoms with van der Waals surface area (Å²) < 4.78 is 0.119. The van der Waals surface area contributed by atoms with Gasteiger partial charge < -0.3 is 5.11 Å². The number of rotatable bonds is 2. The molecule has 0 heterocycles. The molecule has 1 N–H and O–H groups in total. The van der Waals surface area contributed by atoms with Gasteiger partial charge in [0.05, 0.1) is 9.40 Å². The molecule has 0 bridgehead atoms. The number of hydrogen-bond donors (Lipinski definition) is 1. The average molecular weight is 294 g/mol. The highest BCUT2D eigenvalue weighted by molar-refractivity contribution is 9.10. The first-order valence-corrected chi connectivity index (χ1v) is 4.97. The fourth-order valence-electron chi connectivity index (χ4n) is 1.08. The first kappa shape index (κ1) is 12.7. The largest absolute Gasteiger partial charge is 0.501 e. The number of hydrogen-bond acceptors (Lipinski definition) is 5. The Labute approximate surface area is 104 Å². The minimum atomic E-state index is -0.754. The van der Waals surface area contributed by atoms with Gasteiger partial charge in [0.2, 0.25) is 5.75 Å². The third kappa shape index (κ3) is 2.80. The first-order valence-electron chi connectivity index (χ1n) is 4.18. The van der Waals surface area contributed by atoms with Crippen LogP contribution in [0.15, 0.2) is 22.2 Å². The molecule has 0 radical (unpaired) electrons. The molecular weight excluding hydrogens is 290 g/mol. The van der Waals surface area contributed by atoms with Gasteiger partial charge in [0, 0.05) is 6.07 Å². The maximum atomic E-state index is 10.6. The molecule has 1 rings (SSSR count). The van der Waals surface area contributed by atoms with Gasteiger partial charge in [0.25, 0.3) is 0 Å². The van der Waals surface area contributed by atoms with E-state index in [1.165, 1.54) is 12.1 Å². The quantitative estimate of drug-likeness (QED) is 0.511. The van der Waals surface area contributed by atoms with Gasteiger partial charge in [-0.25, -0.2) is 0 Å². The number of nitrogens with zero attached hydrogens (tertiary/aromatic N) is 3. The Balaban J connectivity index is 3.41. The van der Waals surface area contributed by atoms with Crippen molar-refractivity contribution >= 4 is 27.7 Å². The summed E-state index contributed by atoms with van der Waals surface area (Å²) >= 11 is 2.95. The molecule has 0 aliphatic rings. The van der Waals surface area contributed by atoms with E-state index in [0.29, 0.717) is 0 Å². The summed E-state index contributed by atoms with van der Waals surface area (Å²) in [5.41, 5.74) is -0.405. The molecule has 1 aromatic carbocycles. The van der Waals surface area contributed by atoms with Gasteiger partial charge >= 0.3 is 5.69 Å². The zero-order chi connectivity index (χ0) is 13.0. The molecule has 0 atom stereocenters. The third-order valence-corrected chi connectivity index (χ3v) is 2.42. The molecule has 0 saturated carbocycles. The SMILES string of the molecule is N#CC(C#N)=Cc1cc(Br)c(O)c([N+](=O)[O-])c1. The molecule has 6 nitrogen and oxygen atoms in total. The van der Waals surface area contributed by atoms with Crippen LogP contribution in [0.2, 0.25) is 0 Å². The lowest BCUT2D eigenvalue weighted by molar-refractivity contribution is -0.386. The predicted octanol–water partition coefficient (Wildman–Crippen LogP) is 2.49. The Morgan fingerprint density at radius 2 is 2.06 bits per heavy atom. The number of allylic oxidation sites excluding steroid dienone is 1. The minimum Gasteiger partial charge on any atom is -0.501 e. The van der Waals surface area contributed by atoms with Crippen LogP contribution in [0, 0.1) is 32.8 Å². The van der Waals surface area contributed by atoms with Gasteiger partial charge in [-0.15, -0.1) is 0 Å². The molecule has 0 amide bonds. The fraction of sp³-hybridized carbons (Fsp3) is 0. The van der Waals surface area contributed by atoms with Crippen LogP contribution < -0.4 is 0 Å². The van der Waals surface area contributed by atoms with Crippen molar-refractivity contribution in [3.63, 3.8) is 0 Å². The monoisotopic (exact) mass is 293 g/mol. The summed E-state index contributed by atoms with van der Waals surface area (Å²) in [7, 11) is 0. The highest BCUT2D eigenvalue weighted by Crippen LogP contribution is 2.35. The molecule has 0 aliphatic carbocycles. The van der Waals surface area contributed by atoms with Crippen molar-refractivity contribution in [3.8, 4) is 17.9 Å². The second kappa shape index (κ2) is 5.10. The van der Waals surface area contributed by atoms with Crippen LogP contribution in [0.4, 0.5) is 5.69 Å². The highest BCUT2D eigenvalue weighted by Gasteiger charge is 2.17. The summed E-state index contributed by atoms with van der Waals surface area (Å²) in [4.78, 5) is 9.87. The number of nitriles is 2. The molecule has 0 spiro atoms. The van der Waals surface area contributed by atoms with Gasteiger partial charge in [-0.1, -0.05) is 0 Å². The van der Waals surface area contributed by atoms with E-state index in [0.717, 1.165) is 6.07 Å². The van der Waals surface area contributed by atoms with Crippen molar-refractivity contribution in [3.05, 3.63) is 37.9 Å². The van der Waals surface area contributed by atoms with Crippen molar-refractivity contribution in [2.45, 2.75) is 0 Å². The van der Waals surface area contributed by atoms with Crippen LogP contribution in [0.3, 0.4) is 0 Å². The van der Waals surface area contributed by atoms with Crippen LogP contribution >= 0.6 is 15.9 Å². The smallest absolute Gasteiger partial charge is 0.312 e. The number of aromatic hydroxyl groups is 1. The Morgan fingerprint density at radius 1 is 1.47 bits per heavy atom. The van der Waals surface area contributed by atoms with E-state index < -0.39 is 16.4 Å². The molecule has 0 fully saturated rings. The van der Waals surface area contributed by atoms with E-state index in [1.54, 1.807) is 12.1 Å². The van der Waals surface area contributed by atoms with E-state index in [-0.39, 0.29) is 15.6 Å². The summed E-state index contributed by atoms with van der Waals surface area (Å²) in [6.45, 7) is 0. The molecule has 84 valence electrons. The number of benzene rings is 1. The summed E-state index contributed by atoms with van der Waals surface area (Å²) in [6.07, 6.45) is 1.19. The van der Waals surface area contributed by atoms with Crippen molar-refractivity contribution in [2.75, 3.05) is 0 Å². The Kier molecular flexibility index (Phi) is 3.81. The van der Waals surface area contributed by atoms with Crippen molar-refractivity contribution in [1.29, 1.82) is 10.5 Å². The minimum absolute atomic E-state index is 0.119. The number of phenols is 1. The zero-order valence-corrected chi connectivity index (χ0v) is 9.80. The highest BCUT2D eigenvalue weighted by atomic mass is 79.9. The van der Waals surface area contributed by atoms with Crippen LogP contribution in [-0.2, 0) is 0 Å². The zero-order valence-electron chi connectivity index (χ0n) is 8.22. The summed E-state index contributed by atoms with van der Waals surface area (Å²) in [6, 6.07) is 5.72. The van der Waals surface area contributed by atoms with Gasteiger partial charge in [0.15, 0.2) is 0 Å². The molecule has 1 aromatic rings. The van der Waals surface area contributed by atoms with Crippen LogP contribution in [0.5, 0.6) is 5.75 Å². The molecule has 0 aliphatic heterocycles. The molecule has 0 aromatic heterocycles. The maximum Gasteiger partial charge on any atom is 0.312 e. The standard InChI is InChI=1S/C10H4BrN3O3/c11-8-2-6(1-7(4-12)5-13)3-9(10(8)15)14(16)17/h1-3,15H. The van der Waals surface area contributed by atoms with Crippen molar-refractivity contribution < 1.29 is 10.0 Å². The van der Waals surface area contributed by atoms with Gasteiger partial charge in [-0.2, -0.15) is 10.5 Å². The number of nitro benzene ring substituents is 1. The second-order valence-corrected chi connectivity index (χ2v) is 3.76. The Hall–Kier alpha value is -2.38. The number of phenolic OH excluding ortho intramolecular Hbond substituents is 1. The van der Waals surface area contributed by atoms with E-state index in [4.69, 9.17) is 10.5 Å². The number of halogens is 1. The molecule has 17 heavy (non-hydrogen) atoms. The topological polar surface area (TPSA) is 111 Å². The summed E-state index contributed by atoms with van der Waals surface area (Å²) in [5.74, 6) is -0.498. The van der Waals surface area contributed by atoms with E-state index in [9.17, 15) is 15.2 Å². The third-order valence-electron chi connectivity index (χ3n) is 1.81. The second-order valence-electron chi connectivity index (χ2n) is 2.91. The van der Waals surface area contributed by atoms with E-state index in [2.05, 4.69) is 15.9 Å². The Morgan fingerprint density at radius 3 is 2.53 bits per heavy atom. The lowest BCUT2D eigenvalue weighted by atomic mass is 10.1. The molecule has 7 heteroatoms. The Bertz CT molecular complexity index is 580. The first-order chi connectivity index (χ1) is 7.99. The molecule has 0 unspecified atom stereocenters. The normalized spacial score (nSPS) is 8.88. The predicted molar refractivity (Wildman–Crippen MR) is 61.7 cm³/mol. The molecule has 0 saturated heterocycles. The van der Waals surface area contributed by atoms with Crippen LogP contribution in [0.25, 0.3) is 6.08 Å². The average Bonchev–Trinajstić information content (AvgIpc) is 2.29. The van der Waals surface area contributed by atoms with Gasteiger partial charge in [-0.05, 0) is 33.6 Å². The van der Waals surface area contributed by atoms with Gasteiger partial charge in [-0.3, -0.25) is 10.1 Å². The summed E-state index contributed by atoms with van der Waals surface area (Å²) in [5, 5.41) is 37.1. The van der Waals surface area contributed by atoms with Gasteiger partial charge in [0.1, 0.15) is 17.7 Å². The van der Waals surface area contributed by atoms with Crippen molar-refractivity contribution in [2.24, 2.45) is 0 Å². The maximum absolute atomic E-state index is 10.6. The van der Waals surface area contributed by atoms with Crippen molar-refractivity contribution in [1.82, 2.24) is 0 Å².